The molecular formula is C16H20ClFN2S. The summed E-state index contributed by atoms with van der Waals surface area (Å²) in [6.07, 6.45) is 6.88. The van der Waals surface area contributed by atoms with Crippen LogP contribution in [0.3, 0.4) is 0 Å². The standard InChI is InChI=1S/C16H20ClFN2S/c1-10(17)16-19-15-13(18)7-4-8-14(15)20(16)11-5-3-6-12(9-11)21-2/h4,7-8,10-12H,3,5-6,9H2,1-2H3. The first kappa shape index (κ1) is 15.2. The molecule has 0 radical (unpaired) electrons. The van der Waals surface area contributed by atoms with Crippen LogP contribution in [0, 0.1) is 5.82 Å². The van der Waals surface area contributed by atoms with Gasteiger partial charge in [-0.1, -0.05) is 12.5 Å². The van der Waals surface area contributed by atoms with E-state index in [1.54, 1.807) is 6.07 Å². The summed E-state index contributed by atoms with van der Waals surface area (Å²) in [7, 11) is 0. The molecule has 1 saturated carbocycles. The molecule has 3 atom stereocenters. The van der Waals surface area contributed by atoms with Gasteiger partial charge in [0.15, 0.2) is 5.82 Å². The fourth-order valence-corrected chi connectivity index (χ4v) is 4.31. The molecule has 1 aliphatic rings. The van der Waals surface area contributed by atoms with Crippen LogP contribution in [0.2, 0.25) is 0 Å². The van der Waals surface area contributed by atoms with E-state index in [0.29, 0.717) is 16.8 Å². The summed E-state index contributed by atoms with van der Waals surface area (Å²) < 4.78 is 16.2. The van der Waals surface area contributed by atoms with Crippen LogP contribution in [0.4, 0.5) is 4.39 Å². The second kappa shape index (κ2) is 6.17. The monoisotopic (exact) mass is 326 g/mol. The van der Waals surface area contributed by atoms with Crippen molar-refractivity contribution in [1.82, 2.24) is 9.55 Å². The quantitative estimate of drug-likeness (QED) is 0.710. The number of para-hydroxylation sites is 1. The Hall–Kier alpha value is -0.740. The first-order chi connectivity index (χ1) is 10.1. The van der Waals surface area contributed by atoms with Crippen LogP contribution in [0.15, 0.2) is 18.2 Å². The van der Waals surface area contributed by atoms with Gasteiger partial charge in [0.25, 0.3) is 0 Å². The maximum Gasteiger partial charge on any atom is 0.151 e. The molecule has 0 bridgehead atoms. The maximum absolute atomic E-state index is 14.0. The van der Waals surface area contributed by atoms with E-state index in [1.165, 1.54) is 18.9 Å². The van der Waals surface area contributed by atoms with E-state index < -0.39 is 0 Å². The van der Waals surface area contributed by atoms with Gasteiger partial charge in [0, 0.05) is 11.3 Å². The van der Waals surface area contributed by atoms with Crippen molar-refractivity contribution in [1.29, 1.82) is 0 Å². The number of fused-ring (bicyclic) bond motifs is 1. The van der Waals surface area contributed by atoms with Crippen LogP contribution in [-0.4, -0.2) is 21.1 Å². The molecule has 5 heteroatoms. The lowest BCUT2D eigenvalue weighted by atomic mass is 9.94. The second-order valence-electron chi connectivity index (χ2n) is 5.74. The smallest absolute Gasteiger partial charge is 0.151 e. The van der Waals surface area contributed by atoms with Gasteiger partial charge in [0.2, 0.25) is 0 Å². The predicted octanol–water partition coefficient (Wildman–Crippen LogP) is 5.32. The fourth-order valence-electron chi connectivity index (χ4n) is 3.33. The van der Waals surface area contributed by atoms with Gasteiger partial charge >= 0.3 is 0 Å². The highest BCUT2D eigenvalue weighted by atomic mass is 35.5. The minimum atomic E-state index is -0.262. The zero-order chi connectivity index (χ0) is 15.0. The maximum atomic E-state index is 14.0. The van der Waals surface area contributed by atoms with Crippen LogP contribution in [-0.2, 0) is 0 Å². The van der Waals surface area contributed by atoms with Gasteiger partial charge in [-0.3, -0.25) is 0 Å². The molecule has 1 aliphatic carbocycles. The van der Waals surface area contributed by atoms with E-state index in [0.717, 1.165) is 24.2 Å². The van der Waals surface area contributed by atoms with Crippen molar-refractivity contribution in [3.05, 3.63) is 29.8 Å². The summed E-state index contributed by atoms with van der Waals surface area (Å²) in [6.45, 7) is 1.91. The van der Waals surface area contributed by atoms with Crippen LogP contribution in [0.5, 0.6) is 0 Å². The molecule has 1 fully saturated rings. The molecule has 0 amide bonds. The Morgan fingerprint density at radius 1 is 1.43 bits per heavy atom. The Bertz CT molecular complexity index is 640. The molecule has 114 valence electrons. The van der Waals surface area contributed by atoms with Crippen molar-refractivity contribution in [2.45, 2.75) is 49.3 Å². The minimum absolute atomic E-state index is 0.216. The van der Waals surface area contributed by atoms with Gasteiger partial charge in [0.05, 0.1) is 10.9 Å². The molecule has 1 aromatic heterocycles. The highest BCUT2D eigenvalue weighted by Gasteiger charge is 2.27. The Balaban J connectivity index is 2.11. The van der Waals surface area contributed by atoms with E-state index in [-0.39, 0.29) is 11.2 Å². The highest BCUT2D eigenvalue weighted by Crippen LogP contribution is 2.38. The molecule has 0 saturated heterocycles. The van der Waals surface area contributed by atoms with Crippen LogP contribution in [0.1, 0.15) is 49.9 Å². The molecule has 1 heterocycles. The van der Waals surface area contributed by atoms with Gasteiger partial charge in [-0.15, -0.1) is 11.6 Å². The summed E-state index contributed by atoms with van der Waals surface area (Å²) in [6, 6.07) is 5.55. The summed E-state index contributed by atoms with van der Waals surface area (Å²) in [4.78, 5) is 4.49. The van der Waals surface area contributed by atoms with E-state index in [1.807, 2.05) is 24.8 Å². The van der Waals surface area contributed by atoms with Crippen molar-refractivity contribution < 1.29 is 4.39 Å². The lowest BCUT2D eigenvalue weighted by Gasteiger charge is -2.31. The normalized spacial score (nSPS) is 24.4. The third-order valence-electron chi connectivity index (χ3n) is 4.35. The number of benzene rings is 1. The van der Waals surface area contributed by atoms with Crippen LogP contribution < -0.4 is 0 Å². The molecule has 3 rings (SSSR count). The number of aromatic nitrogens is 2. The lowest BCUT2D eigenvalue weighted by Crippen LogP contribution is -2.22. The number of alkyl halides is 1. The molecule has 21 heavy (non-hydrogen) atoms. The minimum Gasteiger partial charge on any atom is -0.323 e. The van der Waals surface area contributed by atoms with E-state index in [2.05, 4.69) is 15.8 Å². The zero-order valence-corrected chi connectivity index (χ0v) is 13.9. The Morgan fingerprint density at radius 2 is 2.24 bits per heavy atom. The van der Waals surface area contributed by atoms with Crippen molar-refractivity contribution in [2.75, 3.05) is 6.26 Å². The summed E-state index contributed by atoms with van der Waals surface area (Å²) in [5.74, 6) is 0.533. The molecule has 3 unspecified atom stereocenters. The zero-order valence-electron chi connectivity index (χ0n) is 12.4. The Kier molecular flexibility index (Phi) is 4.46. The van der Waals surface area contributed by atoms with Crippen LogP contribution >= 0.6 is 23.4 Å². The number of hydrogen-bond donors (Lipinski definition) is 0. The van der Waals surface area contributed by atoms with E-state index in [9.17, 15) is 4.39 Å². The van der Waals surface area contributed by atoms with Gasteiger partial charge in [0.1, 0.15) is 11.3 Å². The van der Waals surface area contributed by atoms with Gasteiger partial charge in [-0.05, 0) is 44.6 Å². The molecule has 0 spiro atoms. The van der Waals surface area contributed by atoms with Crippen molar-refractivity contribution in [2.24, 2.45) is 0 Å². The SMILES string of the molecule is CSC1CCCC(n2c(C(C)Cl)nc3c(F)cccc32)C1. The number of rotatable bonds is 3. The first-order valence-corrected chi connectivity index (χ1v) is 9.17. The van der Waals surface area contributed by atoms with Gasteiger partial charge in [-0.2, -0.15) is 11.8 Å². The topological polar surface area (TPSA) is 17.8 Å². The first-order valence-electron chi connectivity index (χ1n) is 7.45. The Morgan fingerprint density at radius 3 is 2.95 bits per heavy atom. The largest absolute Gasteiger partial charge is 0.323 e. The molecule has 2 nitrogen and oxygen atoms in total. The van der Waals surface area contributed by atoms with E-state index >= 15 is 0 Å². The summed E-state index contributed by atoms with van der Waals surface area (Å²) >= 11 is 8.24. The number of imidazole rings is 1. The number of thioether (sulfide) groups is 1. The molecule has 2 aromatic rings. The number of hydrogen-bond acceptors (Lipinski definition) is 2. The third kappa shape index (κ3) is 2.80. The third-order valence-corrected chi connectivity index (χ3v) is 5.64. The lowest BCUT2D eigenvalue weighted by molar-refractivity contribution is 0.360. The highest BCUT2D eigenvalue weighted by molar-refractivity contribution is 7.99. The summed E-state index contributed by atoms with van der Waals surface area (Å²) in [5.41, 5.74) is 1.33. The number of halogens is 2. The number of nitrogens with zero attached hydrogens (tertiary/aromatic N) is 2. The van der Waals surface area contributed by atoms with Gasteiger partial charge in [-0.25, -0.2) is 9.37 Å². The van der Waals surface area contributed by atoms with Crippen molar-refractivity contribution in [3.8, 4) is 0 Å². The van der Waals surface area contributed by atoms with Crippen molar-refractivity contribution >= 4 is 34.4 Å². The van der Waals surface area contributed by atoms with E-state index in [4.69, 9.17) is 11.6 Å². The van der Waals surface area contributed by atoms with Crippen LogP contribution in [0.25, 0.3) is 11.0 Å². The molecule has 0 N–H and O–H groups in total. The fraction of sp³-hybridized carbons (Fsp3) is 0.562. The Labute approximate surface area is 134 Å². The van der Waals surface area contributed by atoms with Gasteiger partial charge < -0.3 is 4.57 Å². The van der Waals surface area contributed by atoms with Crippen molar-refractivity contribution in [3.63, 3.8) is 0 Å². The second-order valence-corrected chi connectivity index (χ2v) is 7.53. The average molecular weight is 327 g/mol. The average Bonchev–Trinajstić information content (AvgIpc) is 2.88. The molecule has 0 aliphatic heterocycles. The predicted molar refractivity (Wildman–Crippen MR) is 88.8 cm³/mol. The molecular weight excluding hydrogens is 307 g/mol. The summed E-state index contributed by atoms with van der Waals surface area (Å²) in [5, 5.41) is 0.458. The molecule has 1 aromatic carbocycles.